The highest BCUT2D eigenvalue weighted by atomic mass is 16.7. The van der Waals surface area contributed by atoms with Crippen molar-refractivity contribution in [3.05, 3.63) is 59.2 Å². The maximum Gasteiger partial charge on any atom is 0.231 e. The van der Waals surface area contributed by atoms with Crippen LogP contribution in [-0.2, 0) is 12.8 Å². The van der Waals surface area contributed by atoms with Gasteiger partial charge < -0.3 is 9.47 Å². The van der Waals surface area contributed by atoms with Crippen molar-refractivity contribution >= 4 is 0 Å². The Morgan fingerprint density at radius 1 is 0.739 bits per heavy atom. The van der Waals surface area contributed by atoms with Crippen LogP contribution in [0.5, 0.6) is 11.5 Å². The van der Waals surface area contributed by atoms with Crippen molar-refractivity contribution in [3.63, 3.8) is 0 Å². The first-order valence-electron chi connectivity index (χ1n) is 8.83. The molecule has 0 atom stereocenters. The fraction of sp³-hybridized carbons (Fsp3) is 0.429. The van der Waals surface area contributed by atoms with E-state index < -0.39 is 0 Å². The lowest BCUT2D eigenvalue weighted by Crippen LogP contribution is -2.09. The van der Waals surface area contributed by atoms with Crippen LogP contribution in [0.3, 0.4) is 0 Å². The molecule has 23 heavy (non-hydrogen) atoms. The minimum Gasteiger partial charge on any atom is -0.454 e. The van der Waals surface area contributed by atoms with Gasteiger partial charge in [-0.05, 0) is 47.6 Å². The summed E-state index contributed by atoms with van der Waals surface area (Å²) in [5, 5.41) is 0. The predicted molar refractivity (Wildman–Crippen MR) is 92.1 cm³/mol. The highest BCUT2D eigenvalue weighted by Gasteiger charge is 2.15. The molecule has 0 aromatic heterocycles. The summed E-state index contributed by atoms with van der Waals surface area (Å²) < 4.78 is 10.8. The summed E-state index contributed by atoms with van der Waals surface area (Å²) in [6, 6.07) is 15.4. The van der Waals surface area contributed by atoms with Gasteiger partial charge in [0.15, 0.2) is 11.5 Å². The highest BCUT2D eigenvalue weighted by Crippen LogP contribution is 2.33. The molecule has 1 heterocycles. The quantitative estimate of drug-likeness (QED) is 0.779. The van der Waals surface area contributed by atoms with E-state index in [2.05, 4.69) is 36.4 Å². The zero-order valence-corrected chi connectivity index (χ0v) is 13.6. The second-order valence-electron chi connectivity index (χ2n) is 6.89. The predicted octanol–water partition coefficient (Wildman–Crippen LogP) is 5.13. The number of fused-ring (bicyclic) bond motifs is 1. The SMILES string of the molecule is c1cc(CC2CCCCC2)ccc1Cc1ccc2c(c1)OCO2. The van der Waals surface area contributed by atoms with Gasteiger partial charge >= 0.3 is 0 Å². The molecule has 0 saturated heterocycles. The topological polar surface area (TPSA) is 18.5 Å². The average molecular weight is 308 g/mol. The number of rotatable bonds is 4. The van der Waals surface area contributed by atoms with Crippen LogP contribution in [0.4, 0.5) is 0 Å². The highest BCUT2D eigenvalue weighted by molar-refractivity contribution is 5.45. The molecule has 1 aliphatic heterocycles. The Kier molecular flexibility index (Phi) is 4.23. The van der Waals surface area contributed by atoms with Crippen LogP contribution >= 0.6 is 0 Å². The lowest BCUT2D eigenvalue weighted by molar-refractivity contribution is 0.174. The van der Waals surface area contributed by atoms with E-state index in [9.17, 15) is 0 Å². The van der Waals surface area contributed by atoms with Gasteiger partial charge in [0.25, 0.3) is 0 Å². The minimum atomic E-state index is 0.342. The van der Waals surface area contributed by atoms with Crippen molar-refractivity contribution in [3.8, 4) is 11.5 Å². The molecule has 2 aromatic rings. The first-order chi connectivity index (χ1) is 11.4. The molecule has 120 valence electrons. The largest absolute Gasteiger partial charge is 0.454 e. The fourth-order valence-corrected chi connectivity index (χ4v) is 3.80. The smallest absolute Gasteiger partial charge is 0.231 e. The van der Waals surface area contributed by atoms with Crippen molar-refractivity contribution in [1.82, 2.24) is 0 Å². The Labute approximate surface area is 138 Å². The van der Waals surface area contributed by atoms with Crippen molar-refractivity contribution < 1.29 is 9.47 Å². The van der Waals surface area contributed by atoms with Crippen LogP contribution < -0.4 is 9.47 Å². The van der Waals surface area contributed by atoms with Gasteiger partial charge in [-0.15, -0.1) is 0 Å². The summed E-state index contributed by atoms with van der Waals surface area (Å²) in [4.78, 5) is 0. The summed E-state index contributed by atoms with van der Waals surface area (Å²) in [6.07, 6.45) is 9.31. The van der Waals surface area contributed by atoms with Crippen molar-refractivity contribution in [1.29, 1.82) is 0 Å². The molecular weight excluding hydrogens is 284 g/mol. The van der Waals surface area contributed by atoms with Gasteiger partial charge in [-0.25, -0.2) is 0 Å². The molecule has 2 aliphatic rings. The molecule has 1 fully saturated rings. The third-order valence-electron chi connectivity index (χ3n) is 5.12. The van der Waals surface area contributed by atoms with E-state index >= 15 is 0 Å². The van der Waals surface area contributed by atoms with Crippen LogP contribution in [-0.4, -0.2) is 6.79 Å². The van der Waals surface area contributed by atoms with Crippen LogP contribution in [0.2, 0.25) is 0 Å². The normalized spacial score (nSPS) is 17.4. The minimum absolute atomic E-state index is 0.342. The van der Waals surface area contributed by atoms with Gasteiger partial charge in [-0.2, -0.15) is 0 Å². The summed E-state index contributed by atoms with van der Waals surface area (Å²) in [7, 11) is 0. The molecule has 1 saturated carbocycles. The first kappa shape index (κ1) is 14.6. The molecule has 0 spiro atoms. The molecule has 0 amide bonds. The third kappa shape index (κ3) is 3.52. The lowest BCUT2D eigenvalue weighted by Gasteiger charge is -2.21. The van der Waals surface area contributed by atoms with E-state index in [1.165, 1.54) is 55.2 Å². The molecule has 0 unspecified atom stereocenters. The van der Waals surface area contributed by atoms with Gasteiger partial charge in [-0.3, -0.25) is 0 Å². The average Bonchev–Trinajstić information content (AvgIpc) is 3.05. The van der Waals surface area contributed by atoms with Gasteiger partial charge in [0.05, 0.1) is 0 Å². The summed E-state index contributed by atoms with van der Waals surface area (Å²) >= 11 is 0. The zero-order valence-electron chi connectivity index (χ0n) is 13.6. The van der Waals surface area contributed by atoms with E-state index in [4.69, 9.17) is 9.47 Å². The molecule has 0 radical (unpaired) electrons. The number of benzene rings is 2. The molecule has 2 nitrogen and oxygen atoms in total. The number of ether oxygens (including phenoxy) is 2. The van der Waals surface area contributed by atoms with Crippen LogP contribution in [0.15, 0.2) is 42.5 Å². The Morgan fingerprint density at radius 2 is 1.43 bits per heavy atom. The van der Waals surface area contributed by atoms with Crippen LogP contribution in [0.1, 0.15) is 48.8 Å². The molecule has 1 aliphatic carbocycles. The van der Waals surface area contributed by atoms with Gasteiger partial charge in [0.2, 0.25) is 6.79 Å². The van der Waals surface area contributed by atoms with Crippen LogP contribution in [0.25, 0.3) is 0 Å². The summed E-state index contributed by atoms with van der Waals surface area (Å²) in [6.45, 7) is 0.342. The Morgan fingerprint density at radius 3 is 2.26 bits per heavy atom. The van der Waals surface area contributed by atoms with Gasteiger partial charge in [0, 0.05) is 0 Å². The second kappa shape index (κ2) is 6.66. The maximum absolute atomic E-state index is 5.46. The summed E-state index contributed by atoms with van der Waals surface area (Å²) in [5.74, 6) is 2.64. The number of hydrogen-bond acceptors (Lipinski definition) is 2. The van der Waals surface area contributed by atoms with Crippen molar-refractivity contribution in [2.75, 3.05) is 6.79 Å². The van der Waals surface area contributed by atoms with Gasteiger partial charge in [-0.1, -0.05) is 62.4 Å². The molecule has 0 bridgehead atoms. The third-order valence-corrected chi connectivity index (χ3v) is 5.12. The molecular formula is C21H24O2. The Bertz CT molecular complexity index is 654. The lowest BCUT2D eigenvalue weighted by atomic mass is 9.85. The van der Waals surface area contributed by atoms with E-state index in [1.807, 2.05) is 6.07 Å². The van der Waals surface area contributed by atoms with E-state index in [-0.39, 0.29) is 0 Å². The standard InChI is InChI=1S/C21H24O2/c1-2-4-16(5-3-1)12-17-6-8-18(9-7-17)13-19-10-11-20-21(14-19)23-15-22-20/h6-11,14,16H,1-5,12-13,15H2. The number of hydrogen-bond donors (Lipinski definition) is 0. The second-order valence-corrected chi connectivity index (χ2v) is 6.89. The summed E-state index contributed by atoms with van der Waals surface area (Å²) in [5.41, 5.74) is 4.12. The maximum atomic E-state index is 5.46. The van der Waals surface area contributed by atoms with E-state index in [1.54, 1.807) is 0 Å². The Balaban J connectivity index is 1.39. The molecule has 0 N–H and O–H groups in total. The molecule has 2 heteroatoms. The fourth-order valence-electron chi connectivity index (χ4n) is 3.80. The van der Waals surface area contributed by atoms with Crippen LogP contribution in [0, 0.1) is 5.92 Å². The van der Waals surface area contributed by atoms with Crippen molar-refractivity contribution in [2.24, 2.45) is 5.92 Å². The first-order valence-corrected chi connectivity index (χ1v) is 8.83. The van der Waals surface area contributed by atoms with Crippen molar-refractivity contribution in [2.45, 2.75) is 44.9 Å². The zero-order chi connectivity index (χ0) is 15.5. The molecule has 2 aromatic carbocycles. The van der Waals surface area contributed by atoms with E-state index in [0.717, 1.165) is 23.8 Å². The monoisotopic (exact) mass is 308 g/mol. The Hall–Kier alpha value is -1.96. The molecule has 4 rings (SSSR count). The van der Waals surface area contributed by atoms with E-state index in [0.29, 0.717) is 6.79 Å². The van der Waals surface area contributed by atoms with Gasteiger partial charge in [0.1, 0.15) is 0 Å².